The maximum Gasteiger partial charge on any atom is 0.152 e. The van der Waals surface area contributed by atoms with Crippen LogP contribution in [0.2, 0.25) is 0 Å². The van der Waals surface area contributed by atoms with Crippen LogP contribution in [0.5, 0.6) is 0 Å². The van der Waals surface area contributed by atoms with E-state index in [0.29, 0.717) is 36.4 Å². The number of nitrogen functional groups attached to an aromatic ring is 1. The fraction of sp³-hybridized carbons (Fsp3) is 0.438. The molecule has 0 saturated heterocycles. The van der Waals surface area contributed by atoms with Crippen LogP contribution < -0.4 is 5.73 Å². The number of anilines is 1. The van der Waals surface area contributed by atoms with Crippen molar-refractivity contribution in [2.24, 2.45) is 0 Å². The van der Waals surface area contributed by atoms with Crippen LogP contribution in [0.4, 0.5) is 5.82 Å². The maximum atomic E-state index is 10.3. The van der Waals surface area contributed by atoms with Crippen LogP contribution in [0.25, 0.3) is 22.1 Å². The molecular weight excluding hydrogens is 374 g/mol. The highest BCUT2D eigenvalue weighted by Gasteiger charge is 2.22. The summed E-state index contributed by atoms with van der Waals surface area (Å²) in [6.45, 7) is 4.45. The number of hydrogen-bond donors (Lipinski definition) is 2. The molecule has 0 spiro atoms. The molecule has 130 valence electrons. The molecule has 0 radical (unpaired) electrons. The molecule has 3 aromatic heterocycles. The van der Waals surface area contributed by atoms with Crippen molar-refractivity contribution in [2.45, 2.75) is 32.4 Å². The molecule has 0 bridgehead atoms. The summed E-state index contributed by atoms with van der Waals surface area (Å²) >= 11 is 0. The summed E-state index contributed by atoms with van der Waals surface area (Å²) in [6.07, 6.45) is 2.34. The van der Waals surface area contributed by atoms with Gasteiger partial charge in [-0.1, -0.05) is 0 Å². The lowest BCUT2D eigenvalue weighted by Gasteiger charge is -2.20. The van der Waals surface area contributed by atoms with Gasteiger partial charge in [0.05, 0.1) is 24.3 Å². The van der Waals surface area contributed by atoms with Crippen molar-refractivity contribution in [3.63, 3.8) is 0 Å². The smallest absolute Gasteiger partial charge is 0.152 e. The Kier molecular flexibility index (Phi) is 5.42. The Morgan fingerprint density at radius 1 is 1.29 bits per heavy atom. The zero-order valence-corrected chi connectivity index (χ0v) is 15.7. The van der Waals surface area contributed by atoms with Crippen LogP contribution in [0.15, 0.2) is 18.3 Å². The van der Waals surface area contributed by atoms with Gasteiger partial charge in [-0.3, -0.25) is 4.98 Å². The predicted molar refractivity (Wildman–Crippen MR) is 99.4 cm³/mol. The second-order valence-corrected chi connectivity index (χ2v) is 6.23. The minimum atomic E-state index is -0.894. The summed E-state index contributed by atoms with van der Waals surface area (Å²) in [4.78, 5) is 13.5. The molecule has 0 amide bonds. The van der Waals surface area contributed by atoms with Gasteiger partial charge >= 0.3 is 0 Å². The van der Waals surface area contributed by atoms with Crippen LogP contribution >= 0.6 is 17.0 Å². The zero-order valence-electron chi connectivity index (χ0n) is 14.0. The van der Waals surface area contributed by atoms with E-state index in [4.69, 9.17) is 10.5 Å². The predicted octanol–water partition coefficient (Wildman–Crippen LogP) is 2.10. The van der Waals surface area contributed by atoms with Gasteiger partial charge in [-0.25, -0.2) is 9.97 Å². The fourth-order valence-corrected chi connectivity index (χ4v) is 2.71. The first-order valence-electron chi connectivity index (χ1n) is 7.51. The summed E-state index contributed by atoms with van der Waals surface area (Å²) in [7, 11) is 1.65. The Balaban J connectivity index is 0.00000208. The molecule has 0 unspecified atom stereocenters. The number of fused-ring (bicyclic) bond motifs is 3. The second-order valence-electron chi connectivity index (χ2n) is 6.23. The largest absolute Gasteiger partial charge is 0.389 e. The minimum Gasteiger partial charge on any atom is -0.389 e. The van der Waals surface area contributed by atoms with E-state index in [9.17, 15) is 5.11 Å². The van der Waals surface area contributed by atoms with Crippen molar-refractivity contribution in [2.75, 3.05) is 19.5 Å². The van der Waals surface area contributed by atoms with Crippen LogP contribution in [-0.2, 0) is 17.7 Å². The van der Waals surface area contributed by atoms with Gasteiger partial charge in [0, 0.05) is 19.7 Å². The van der Waals surface area contributed by atoms with Crippen molar-refractivity contribution in [3.05, 3.63) is 24.2 Å². The van der Waals surface area contributed by atoms with E-state index in [1.165, 1.54) is 0 Å². The second kappa shape index (κ2) is 7.00. The van der Waals surface area contributed by atoms with E-state index in [0.717, 1.165) is 16.9 Å². The Labute approximate surface area is 150 Å². The quantitative estimate of drug-likeness (QED) is 0.685. The molecule has 3 aromatic rings. The molecule has 0 saturated carbocycles. The summed E-state index contributed by atoms with van der Waals surface area (Å²) in [5.41, 5.74) is 8.07. The summed E-state index contributed by atoms with van der Waals surface area (Å²) in [5.74, 6) is 1.17. The van der Waals surface area contributed by atoms with Gasteiger partial charge in [0.25, 0.3) is 0 Å². The van der Waals surface area contributed by atoms with Gasteiger partial charge in [-0.15, -0.1) is 17.0 Å². The molecule has 0 aliphatic rings. The third-order valence-corrected chi connectivity index (χ3v) is 3.62. The van der Waals surface area contributed by atoms with Crippen molar-refractivity contribution in [3.8, 4) is 0 Å². The number of rotatable bonds is 5. The molecule has 3 N–H and O–H groups in total. The van der Waals surface area contributed by atoms with E-state index in [1.807, 2.05) is 16.7 Å². The molecule has 0 fully saturated rings. The third kappa shape index (κ3) is 3.50. The number of aromatic nitrogens is 4. The summed E-state index contributed by atoms with van der Waals surface area (Å²) in [6, 6.07) is 3.69. The molecule has 8 heteroatoms. The van der Waals surface area contributed by atoms with Gasteiger partial charge < -0.3 is 20.1 Å². The normalized spacial score (nSPS) is 11.8. The van der Waals surface area contributed by atoms with Crippen molar-refractivity contribution in [1.82, 2.24) is 19.5 Å². The van der Waals surface area contributed by atoms with Crippen LogP contribution in [0.1, 0.15) is 19.7 Å². The molecule has 24 heavy (non-hydrogen) atoms. The van der Waals surface area contributed by atoms with E-state index in [2.05, 4.69) is 15.0 Å². The van der Waals surface area contributed by atoms with Gasteiger partial charge in [0.2, 0.25) is 0 Å². The topological polar surface area (TPSA) is 99.1 Å². The van der Waals surface area contributed by atoms with Crippen molar-refractivity contribution >= 4 is 44.9 Å². The number of pyridine rings is 2. The molecule has 3 rings (SSSR count). The third-order valence-electron chi connectivity index (χ3n) is 3.62. The van der Waals surface area contributed by atoms with Crippen molar-refractivity contribution in [1.29, 1.82) is 0 Å². The fourth-order valence-electron chi connectivity index (χ4n) is 2.71. The maximum absolute atomic E-state index is 10.3. The lowest BCUT2D eigenvalue weighted by atomic mass is 10.1. The lowest BCUT2D eigenvalue weighted by Crippen LogP contribution is -2.27. The lowest BCUT2D eigenvalue weighted by molar-refractivity contribution is 0.0615. The SMILES string of the molecule is Br.COCCc1nc2c(N)nc3cccnc3c2n1CC(C)(C)O. The van der Waals surface area contributed by atoms with E-state index < -0.39 is 5.60 Å². The Bertz CT molecular complexity index is 857. The van der Waals surface area contributed by atoms with E-state index in [1.54, 1.807) is 27.2 Å². The van der Waals surface area contributed by atoms with Gasteiger partial charge in [0.15, 0.2) is 5.82 Å². The first kappa shape index (κ1) is 18.6. The summed E-state index contributed by atoms with van der Waals surface area (Å²) in [5, 5.41) is 10.3. The monoisotopic (exact) mass is 395 g/mol. The first-order valence-corrected chi connectivity index (χ1v) is 7.51. The Morgan fingerprint density at radius 2 is 2.04 bits per heavy atom. The van der Waals surface area contributed by atoms with Crippen molar-refractivity contribution < 1.29 is 9.84 Å². The van der Waals surface area contributed by atoms with Gasteiger partial charge in [-0.2, -0.15) is 0 Å². The van der Waals surface area contributed by atoms with E-state index >= 15 is 0 Å². The average molecular weight is 396 g/mol. The molecule has 0 aliphatic carbocycles. The highest BCUT2D eigenvalue weighted by Crippen LogP contribution is 2.28. The van der Waals surface area contributed by atoms with Gasteiger partial charge in [-0.05, 0) is 26.0 Å². The number of ether oxygens (including phenoxy) is 1. The van der Waals surface area contributed by atoms with Gasteiger partial charge in [0.1, 0.15) is 22.4 Å². The number of aliphatic hydroxyl groups is 1. The van der Waals surface area contributed by atoms with E-state index in [-0.39, 0.29) is 17.0 Å². The number of halogens is 1. The molecular formula is C16H22BrN5O2. The number of hydrogen-bond acceptors (Lipinski definition) is 6. The number of nitrogens with two attached hydrogens (primary N) is 1. The minimum absolute atomic E-state index is 0. The highest BCUT2D eigenvalue weighted by molar-refractivity contribution is 8.93. The summed E-state index contributed by atoms with van der Waals surface area (Å²) < 4.78 is 7.14. The molecule has 3 heterocycles. The highest BCUT2D eigenvalue weighted by atomic mass is 79.9. The average Bonchev–Trinajstić information content (AvgIpc) is 2.83. The number of imidazole rings is 1. The first-order chi connectivity index (χ1) is 10.9. The Morgan fingerprint density at radius 3 is 2.71 bits per heavy atom. The molecule has 0 aliphatic heterocycles. The van der Waals surface area contributed by atoms with Crippen LogP contribution in [0.3, 0.4) is 0 Å². The molecule has 0 aromatic carbocycles. The zero-order chi connectivity index (χ0) is 16.6. The standard InChI is InChI=1S/C16H21N5O2.BrH/c1-16(2,22)9-21-11(6-8-23-3)20-13-14(21)12-10(19-15(13)17)5-4-7-18-12;/h4-5,7,22H,6,8-9H2,1-3H3,(H2,17,19);1H. The molecule has 7 nitrogen and oxygen atoms in total. The molecule has 0 atom stereocenters. The number of methoxy groups -OCH3 is 1. The van der Waals surface area contributed by atoms with Crippen LogP contribution in [0, 0.1) is 0 Å². The number of nitrogens with zero attached hydrogens (tertiary/aromatic N) is 4. The Hall–Kier alpha value is -1.77. The van der Waals surface area contributed by atoms with Crippen LogP contribution in [-0.4, -0.2) is 43.9 Å².